The third-order valence-corrected chi connectivity index (χ3v) is 5.48. The van der Waals surface area contributed by atoms with Gasteiger partial charge in [0.25, 0.3) is 5.56 Å². The molecule has 10 heteroatoms. The quantitative estimate of drug-likeness (QED) is 0.555. The van der Waals surface area contributed by atoms with Gasteiger partial charge in [-0.05, 0) is 40.5 Å². The first kappa shape index (κ1) is 19.6. The minimum absolute atomic E-state index is 0.0849. The van der Waals surface area contributed by atoms with Gasteiger partial charge in [0.1, 0.15) is 6.54 Å². The van der Waals surface area contributed by atoms with E-state index in [9.17, 15) is 14.4 Å². The van der Waals surface area contributed by atoms with Crippen LogP contribution in [0.1, 0.15) is 18.5 Å². The Balaban J connectivity index is 1.91. The zero-order valence-electron chi connectivity index (χ0n) is 14.9. The second-order valence-corrected chi connectivity index (χ2v) is 7.81. The number of hydrogen-bond donors (Lipinski definition) is 1. The maximum atomic E-state index is 12.5. The molecule has 1 amide bonds. The number of hydrogen-bond acceptors (Lipinski definition) is 4. The molecule has 0 saturated carbocycles. The molecule has 2 heterocycles. The molecule has 1 unspecified atom stereocenters. The Kier molecular flexibility index (Phi) is 5.38. The lowest BCUT2D eigenvalue weighted by molar-refractivity contribution is -0.122. The number of nitrogens with zero attached hydrogens (tertiary/aromatic N) is 4. The zero-order valence-corrected chi connectivity index (χ0v) is 18.0. The van der Waals surface area contributed by atoms with Crippen molar-refractivity contribution in [2.24, 2.45) is 14.1 Å². The molecule has 1 aromatic carbocycles. The Bertz CT molecular complexity index is 1140. The van der Waals surface area contributed by atoms with E-state index in [1.807, 2.05) is 31.2 Å². The van der Waals surface area contributed by atoms with Gasteiger partial charge in [0.15, 0.2) is 15.9 Å². The molecule has 0 bridgehead atoms. The van der Waals surface area contributed by atoms with E-state index in [0.717, 1.165) is 14.6 Å². The van der Waals surface area contributed by atoms with Crippen molar-refractivity contribution in [1.29, 1.82) is 0 Å². The molecule has 0 saturated heterocycles. The number of imidazole rings is 1. The monoisotopic (exact) mass is 497 g/mol. The predicted molar refractivity (Wildman–Crippen MR) is 109 cm³/mol. The van der Waals surface area contributed by atoms with Gasteiger partial charge >= 0.3 is 5.69 Å². The van der Waals surface area contributed by atoms with Gasteiger partial charge in [-0.3, -0.25) is 23.3 Å². The largest absolute Gasteiger partial charge is 0.348 e. The molecule has 2 aromatic heterocycles. The molecule has 0 aliphatic rings. The fraction of sp³-hybridized carbons (Fsp3) is 0.294. The van der Waals surface area contributed by atoms with Crippen LogP contribution in [0.3, 0.4) is 0 Å². The van der Waals surface area contributed by atoms with Crippen LogP contribution in [0.15, 0.2) is 43.1 Å². The maximum absolute atomic E-state index is 12.5. The van der Waals surface area contributed by atoms with Crippen molar-refractivity contribution in [2.45, 2.75) is 19.5 Å². The van der Waals surface area contributed by atoms with Gasteiger partial charge in [0.05, 0.1) is 6.04 Å². The number of aromatic nitrogens is 4. The van der Waals surface area contributed by atoms with Crippen molar-refractivity contribution in [2.75, 3.05) is 0 Å². The molecule has 0 aliphatic carbocycles. The van der Waals surface area contributed by atoms with Crippen LogP contribution in [-0.4, -0.2) is 24.6 Å². The minimum atomic E-state index is -0.504. The van der Waals surface area contributed by atoms with Crippen molar-refractivity contribution < 1.29 is 4.79 Å². The Labute approximate surface area is 171 Å². The van der Waals surface area contributed by atoms with E-state index in [2.05, 4.69) is 42.2 Å². The molecule has 1 N–H and O–H groups in total. The number of amides is 1. The van der Waals surface area contributed by atoms with Crippen LogP contribution >= 0.6 is 31.9 Å². The van der Waals surface area contributed by atoms with Crippen LogP contribution in [0.2, 0.25) is 0 Å². The zero-order chi connectivity index (χ0) is 19.9. The molecule has 8 nitrogen and oxygen atoms in total. The molecule has 3 rings (SSSR count). The lowest BCUT2D eigenvalue weighted by Crippen LogP contribution is -2.38. The summed E-state index contributed by atoms with van der Waals surface area (Å²) in [6.07, 6.45) is 0. The average molecular weight is 499 g/mol. The second kappa shape index (κ2) is 7.43. The molecular formula is C17H17Br2N5O3. The second-order valence-electron chi connectivity index (χ2n) is 6.19. The fourth-order valence-electron chi connectivity index (χ4n) is 2.87. The lowest BCUT2D eigenvalue weighted by Gasteiger charge is -2.15. The Hall–Kier alpha value is -2.20. The molecule has 0 aliphatic heterocycles. The first-order valence-electron chi connectivity index (χ1n) is 8.07. The van der Waals surface area contributed by atoms with E-state index >= 15 is 0 Å². The van der Waals surface area contributed by atoms with Crippen molar-refractivity contribution in [3.05, 3.63) is 59.9 Å². The van der Waals surface area contributed by atoms with E-state index in [1.165, 1.54) is 23.2 Å². The number of benzene rings is 1. The molecular weight excluding hydrogens is 482 g/mol. The standard InChI is InChI=1S/C17H17Br2N5O3/c1-9(10-4-6-11(18)7-5-10)20-12(25)8-24-14-13(21-16(24)19)15(26)23(3)17(27)22(14)2/h4-7,9H,8H2,1-3H3,(H,20,25). The normalized spacial score (nSPS) is 12.3. The van der Waals surface area contributed by atoms with Crippen LogP contribution in [0.4, 0.5) is 0 Å². The summed E-state index contributed by atoms with van der Waals surface area (Å²) in [7, 11) is 2.93. The molecule has 0 spiro atoms. The first-order valence-corrected chi connectivity index (χ1v) is 9.66. The summed E-state index contributed by atoms with van der Waals surface area (Å²) in [6, 6.07) is 7.46. The molecule has 0 fully saturated rings. The number of aryl methyl sites for hydroxylation is 1. The number of fused-ring (bicyclic) bond motifs is 1. The molecule has 142 valence electrons. The van der Waals surface area contributed by atoms with Gasteiger partial charge in [0, 0.05) is 18.6 Å². The minimum Gasteiger partial charge on any atom is -0.348 e. The van der Waals surface area contributed by atoms with E-state index < -0.39 is 11.2 Å². The average Bonchev–Trinajstić information content (AvgIpc) is 2.95. The third kappa shape index (κ3) is 3.63. The van der Waals surface area contributed by atoms with Crippen LogP contribution in [0.25, 0.3) is 11.2 Å². The van der Waals surface area contributed by atoms with Crippen molar-refractivity contribution in [1.82, 2.24) is 24.0 Å². The summed E-state index contributed by atoms with van der Waals surface area (Å²) in [5.74, 6) is -0.265. The SMILES string of the molecule is CC(NC(=O)Cn1c(Br)nc2c(=O)n(C)c(=O)n(C)c21)c1ccc(Br)cc1. The van der Waals surface area contributed by atoms with Gasteiger partial charge in [0.2, 0.25) is 5.91 Å². The first-order chi connectivity index (χ1) is 12.7. The van der Waals surface area contributed by atoms with Crippen LogP contribution < -0.4 is 16.6 Å². The maximum Gasteiger partial charge on any atom is 0.332 e. The topological polar surface area (TPSA) is 90.9 Å². The number of rotatable bonds is 4. The van der Waals surface area contributed by atoms with Gasteiger partial charge < -0.3 is 5.32 Å². The summed E-state index contributed by atoms with van der Waals surface area (Å²) in [6.45, 7) is 1.80. The van der Waals surface area contributed by atoms with Crippen molar-refractivity contribution in [3.8, 4) is 0 Å². The van der Waals surface area contributed by atoms with E-state index in [0.29, 0.717) is 10.4 Å². The van der Waals surface area contributed by atoms with E-state index in [1.54, 1.807) is 0 Å². The summed E-state index contributed by atoms with van der Waals surface area (Å²) in [4.78, 5) is 41.2. The summed E-state index contributed by atoms with van der Waals surface area (Å²) in [5.41, 5.74) is 0.394. The number of nitrogens with one attached hydrogen (secondary N) is 1. The van der Waals surface area contributed by atoms with Gasteiger partial charge in [-0.15, -0.1) is 0 Å². The van der Waals surface area contributed by atoms with E-state index in [-0.39, 0.29) is 24.0 Å². The van der Waals surface area contributed by atoms with Crippen LogP contribution in [0, 0.1) is 0 Å². The summed E-state index contributed by atoms with van der Waals surface area (Å²) < 4.78 is 5.06. The van der Waals surface area contributed by atoms with E-state index in [4.69, 9.17) is 0 Å². The highest BCUT2D eigenvalue weighted by Crippen LogP contribution is 2.18. The summed E-state index contributed by atoms with van der Waals surface area (Å²) in [5, 5.41) is 2.91. The van der Waals surface area contributed by atoms with Crippen LogP contribution in [0.5, 0.6) is 0 Å². The Morgan fingerprint density at radius 3 is 2.41 bits per heavy atom. The molecule has 1 atom stereocenters. The number of halogens is 2. The third-order valence-electron chi connectivity index (χ3n) is 4.34. The fourth-order valence-corrected chi connectivity index (χ4v) is 3.60. The molecule has 0 radical (unpaired) electrons. The Morgan fingerprint density at radius 1 is 1.15 bits per heavy atom. The number of carbonyl (C=O) groups is 1. The number of carbonyl (C=O) groups excluding carboxylic acids is 1. The van der Waals surface area contributed by atoms with Crippen molar-refractivity contribution >= 4 is 48.9 Å². The highest BCUT2D eigenvalue weighted by atomic mass is 79.9. The van der Waals surface area contributed by atoms with Crippen LogP contribution in [-0.2, 0) is 25.4 Å². The van der Waals surface area contributed by atoms with Gasteiger partial charge in [-0.1, -0.05) is 28.1 Å². The Morgan fingerprint density at radius 2 is 1.78 bits per heavy atom. The summed E-state index contributed by atoms with van der Waals surface area (Å²) >= 11 is 6.66. The molecule has 27 heavy (non-hydrogen) atoms. The smallest absolute Gasteiger partial charge is 0.332 e. The highest BCUT2D eigenvalue weighted by molar-refractivity contribution is 9.10. The molecule has 3 aromatic rings. The predicted octanol–water partition coefficient (Wildman–Crippen LogP) is 1.84. The lowest BCUT2D eigenvalue weighted by atomic mass is 10.1. The van der Waals surface area contributed by atoms with Gasteiger partial charge in [-0.2, -0.15) is 0 Å². The highest BCUT2D eigenvalue weighted by Gasteiger charge is 2.20. The van der Waals surface area contributed by atoms with Crippen molar-refractivity contribution in [3.63, 3.8) is 0 Å². The van der Waals surface area contributed by atoms with Gasteiger partial charge in [-0.25, -0.2) is 9.78 Å².